The molecule has 3 rings (SSSR count). The molecule has 0 aliphatic carbocycles. The Morgan fingerprint density at radius 2 is 1.79 bits per heavy atom. The number of hydrogen-bond acceptors (Lipinski definition) is 2. The number of aryl methyl sites for hydroxylation is 1. The molecule has 1 aromatic heterocycles. The summed E-state index contributed by atoms with van der Waals surface area (Å²) in [6.45, 7) is 1.84. The van der Waals surface area contributed by atoms with Gasteiger partial charge in [0.2, 0.25) is 0 Å². The molecule has 124 valence electrons. The molecule has 1 heterocycles. The summed E-state index contributed by atoms with van der Waals surface area (Å²) >= 11 is 5.91. The van der Waals surface area contributed by atoms with Crippen LogP contribution < -0.4 is 5.73 Å². The first-order valence-corrected chi connectivity index (χ1v) is 7.44. The fourth-order valence-electron chi connectivity index (χ4n) is 2.51. The predicted molar refractivity (Wildman–Crippen MR) is 88.2 cm³/mol. The highest BCUT2D eigenvalue weighted by molar-refractivity contribution is 6.30. The van der Waals surface area contributed by atoms with Gasteiger partial charge in [0.25, 0.3) is 0 Å². The maximum atomic E-state index is 13.5. The third-order valence-corrected chi connectivity index (χ3v) is 3.78. The van der Waals surface area contributed by atoms with Crippen molar-refractivity contribution in [2.75, 3.05) is 5.73 Å². The lowest BCUT2D eigenvalue weighted by Crippen LogP contribution is -2.08. The highest BCUT2D eigenvalue weighted by Crippen LogP contribution is 2.41. The van der Waals surface area contributed by atoms with Crippen LogP contribution in [0.3, 0.4) is 0 Å². The number of aromatic nitrogens is 2. The Balaban J connectivity index is 2.28. The maximum Gasteiger partial charge on any atom is 0.435 e. The van der Waals surface area contributed by atoms with Crippen LogP contribution in [0.5, 0.6) is 0 Å². The first-order valence-electron chi connectivity index (χ1n) is 7.06. The number of nitrogens with two attached hydrogens (primary N) is 1. The van der Waals surface area contributed by atoms with Gasteiger partial charge in [0.1, 0.15) is 5.82 Å². The molecule has 0 amide bonds. The summed E-state index contributed by atoms with van der Waals surface area (Å²) in [5.74, 6) is -0.0878. The normalized spacial score (nSPS) is 11.7. The van der Waals surface area contributed by atoms with Crippen molar-refractivity contribution < 1.29 is 13.2 Å². The van der Waals surface area contributed by atoms with Crippen molar-refractivity contribution >= 4 is 17.4 Å². The van der Waals surface area contributed by atoms with E-state index in [0.29, 0.717) is 10.7 Å². The van der Waals surface area contributed by atoms with Crippen molar-refractivity contribution in [3.63, 3.8) is 0 Å². The van der Waals surface area contributed by atoms with E-state index in [1.165, 1.54) is 12.1 Å². The van der Waals surface area contributed by atoms with E-state index in [2.05, 4.69) is 5.10 Å². The Bertz CT molecular complexity index is 900. The van der Waals surface area contributed by atoms with E-state index in [9.17, 15) is 13.2 Å². The monoisotopic (exact) mass is 351 g/mol. The Labute approximate surface area is 141 Å². The van der Waals surface area contributed by atoms with Crippen LogP contribution in [0.15, 0.2) is 48.5 Å². The van der Waals surface area contributed by atoms with Crippen LogP contribution in [0.1, 0.15) is 11.3 Å². The lowest BCUT2D eigenvalue weighted by molar-refractivity contribution is -0.140. The molecule has 0 spiro atoms. The lowest BCUT2D eigenvalue weighted by Gasteiger charge is -2.07. The van der Waals surface area contributed by atoms with E-state index in [0.717, 1.165) is 10.2 Å². The summed E-state index contributed by atoms with van der Waals surface area (Å²) < 4.78 is 41.5. The van der Waals surface area contributed by atoms with E-state index in [1.54, 1.807) is 30.3 Å². The molecule has 0 saturated heterocycles. The van der Waals surface area contributed by atoms with Gasteiger partial charge in [0.05, 0.1) is 11.3 Å². The molecule has 3 aromatic rings. The summed E-state index contributed by atoms with van der Waals surface area (Å²) in [6, 6.07) is 13.0. The fraction of sp³-hybridized carbons (Fsp3) is 0.118. The highest BCUT2D eigenvalue weighted by atomic mass is 35.5. The zero-order valence-electron chi connectivity index (χ0n) is 12.6. The minimum Gasteiger partial charge on any atom is -0.383 e. The number of nitrogen functional groups attached to an aromatic ring is 1. The molecule has 0 radical (unpaired) electrons. The maximum absolute atomic E-state index is 13.5. The Morgan fingerprint density at radius 1 is 1.08 bits per heavy atom. The van der Waals surface area contributed by atoms with E-state index >= 15 is 0 Å². The van der Waals surface area contributed by atoms with Crippen molar-refractivity contribution in [1.29, 1.82) is 0 Å². The smallest absolute Gasteiger partial charge is 0.383 e. The van der Waals surface area contributed by atoms with Crippen molar-refractivity contribution in [3.8, 4) is 16.8 Å². The van der Waals surface area contributed by atoms with Gasteiger partial charge in [-0.1, -0.05) is 35.9 Å². The summed E-state index contributed by atoms with van der Waals surface area (Å²) in [7, 11) is 0. The largest absolute Gasteiger partial charge is 0.435 e. The molecular formula is C17H13ClF3N3. The quantitative estimate of drug-likeness (QED) is 0.697. The van der Waals surface area contributed by atoms with E-state index in [1.807, 2.05) is 13.0 Å². The Kier molecular flexibility index (Phi) is 4.01. The van der Waals surface area contributed by atoms with E-state index in [4.69, 9.17) is 17.3 Å². The predicted octanol–water partition coefficient (Wildman–Crippen LogP) is 5.10. The van der Waals surface area contributed by atoms with Gasteiger partial charge < -0.3 is 5.73 Å². The summed E-state index contributed by atoms with van der Waals surface area (Å²) in [5.41, 5.74) is 6.43. The van der Waals surface area contributed by atoms with Crippen LogP contribution in [-0.4, -0.2) is 9.78 Å². The molecule has 0 atom stereocenters. The number of halogens is 4. The van der Waals surface area contributed by atoms with E-state index in [-0.39, 0.29) is 16.9 Å². The second-order valence-electron chi connectivity index (χ2n) is 5.37. The van der Waals surface area contributed by atoms with Gasteiger partial charge in [-0.05, 0) is 42.3 Å². The zero-order chi connectivity index (χ0) is 17.5. The SMILES string of the molecule is Cc1cccc(-n2nc(C(F)(F)F)c(-c3cccc(Cl)c3)c2N)c1. The molecule has 2 N–H and O–H groups in total. The van der Waals surface area contributed by atoms with Crippen LogP contribution >= 0.6 is 11.6 Å². The average Bonchev–Trinajstić information content (AvgIpc) is 2.85. The van der Waals surface area contributed by atoms with Crippen LogP contribution in [-0.2, 0) is 6.18 Å². The van der Waals surface area contributed by atoms with Crippen molar-refractivity contribution in [1.82, 2.24) is 9.78 Å². The number of alkyl halides is 3. The van der Waals surface area contributed by atoms with Crippen molar-refractivity contribution in [2.45, 2.75) is 13.1 Å². The van der Waals surface area contributed by atoms with Gasteiger partial charge >= 0.3 is 6.18 Å². The molecule has 7 heteroatoms. The van der Waals surface area contributed by atoms with Crippen LogP contribution in [0.2, 0.25) is 5.02 Å². The Morgan fingerprint density at radius 3 is 2.42 bits per heavy atom. The minimum absolute atomic E-state index is 0.0878. The molecule has 0 unspecified atom stereocenters. The zero-order valence-corrected chi connectivity index (χ0v) is 13.4. The van der Waals surface area contributed by atoms with Gasteiger partial charge in [-0.3, -0.25) is 0 Å². The van der Waals surface area contributed by atoms with Crippen molar-refractivity contribution in [3.05, 3.63) is 64.8 Å². The number of hydrogen-bond donors (Lipinski definition) is 1. The number of nitrogens with zero attached hydrogens (tertiary/aromatic N) is 2. The minimum atomic E-state index is -4.64. The number of anilines is 1. The third kappa shape index (κ3) is 2.97. The lowest BCUT2D eigenvalue weighted by atomic mass is 10.1. The van der Waals surface area contributed by atoms with Crippen LogP contribution in [0.25, 0.3) is 16.8 Å². The molecule has 0 aliphatic heterocycles. The van der Waals surface area contributed by atoms with Crippen LogP contribution in [0.4, 0.5) is 19.0 Å². The average molecular weight is 352 g/mol. The van der Waals surface area contributed by atoms with Gasteiger partial charge in [-0.15, -0.1) is 0 Å². The third-order valence-electron chi connectivity index (χ3n) is 3.55. The molecular weight excluding hydrogens is 339 g/mol. The van der Waals surface area contributed by atoms with Gasteiger partial charge in [-0.25, -0.2) is 4.68 Å². The van der Waals surface area contributed by atoms with Crippen LogP contribution in [0, 0.1) is 6.92 Å². The Hall–Kier alpha value is -2.47. The van der Waals surface area contributed by atoms with Gasteiger partial charge in [-0.2, -0.15) is 18.3 Å². The molecule has 24 heavy (non-hydrogen) atoms. The van der Waals surface area contributed by atoms with E-state index < -0.39 is 11.9 Å². The second-order valence-corrected chi connectivity index (χ2v) is 5.80. The van der Waals surface area contributed by atoms with Crippen molar-refractivity contribution in [2.24, 2.45) is 0 Å². The first-order chi connectivity index (χ1) is 11.3. The summed E-state index contributed by atoms with van der Waals surface area (Å²) in [4.78, 5) is 0. The topological polar surface area (TPSA) is 43.8 Å². The molecule has 0 saturated carbocycles. The van der Waals surface area contributed by atoms with Gasteiger partial charge in [0, 0.05) is 5.02 Å². The first kappa shape index (κ1) is 16.4. The molecule has 0 fully saturated rings. The molecule has 3 nitrogen and oxygen atoms in total. The summed E-state index contributed by atoms with van der Waals surface area (Å²) in [6.07, 6.45) is -4.64. The second kappa shape index (κ2) is 5.87. The fourth-order valence-corrected chi connectivity index (χ4v) is 2.70. The number of benzene rings is 2. The summed E-state index contributed by atoms with van der Waals surface area (Å²) in [5, 5.41) is 4.04. The highest BCUT2D eigenvalue weighted by Gasteiger charge is 2.39. The molecule has 0 aliphatic rings. The molecule has 0 bridgehead atoms. The number of rotatable bonds is 2. The molecule has 2 aromatic carbocycles. The van der Waals surface area contributed by atoms with Gasteiger partial charge in [0.15, 0.2) is 5.69 Å². The standard InChI is InChI=1S/C17H13ClF3N3/c1-10-4-2-7-13(8-10)24-16(22)14(15(23-24)17(19,20)21)11-5-3-6-12(18)9-11/h2-9H,22H2,1H3.